The first-order valence-corrected chi connectivity index (χ1v) is 10.3. The van der Waals surface area contributed by atoms with Gasteiger partial charge in [-0.15, -0.1) is 24.0 Å². The smallest absolute Gasteiger partial charge is 0.191 e. The molecule has 1 aromatic carbocycles. The average Bonchev–Trinajstić information content (AvgIpc) is 2.68. The minimum absolute atomic E-state index is 0. The number of hydrogen-bond acceptors (Lipinski definition) is 5. The molecule has 2 rings (SSSR count). The molecule has 0 aromatic heterocycles. The fraction of sp³-hybridized carbons (Fsp3) is 0.667. The Morgan fingerprint density at radius 1 is 1.27 bits per heavy atom. The highest BCUT2D eigenvalue weighted by atomic mass is 127. The van der Waals surface area contributed by atoms with Crippen molar-refractivity contribution in [3.8, 4) is 0 Å². The molecular formula is C21H37FIN5O2. The van der Waals surface area contributed by atoms with Crippen LogP contribution in [-0.2, 0) is 4.74 Å². The lowest BCUT2D eigenvalue weighted by Gasteiger charge is -2.33. The molecule has 1 aliphatic rings. The lowest BCUT2D eigenvalue weighted by molar-refractivity contribution is -0.0180. The molecule has 2 unspecified atom stereocenters. The third-order valence-electron chi connectivity index (χ3n) is 4.93. The van der Waals surface area contributed by atoms with Gasteiger partial charge in [-0.05, 0) is 45.6 Å². The molecule has 1 aromatic rings. The fourth-order valence-corrected chi connectivity index (χ4v) is 3.36. The summed E-state index contributed by atoms with van der Waals surface area (Å²) >= 11 is 0. The molecule has 30 heavy (non-hydrogen) atoms. The van der Waals surface area contributed by atoms with Crippen molar-refractivity contribution in [1.29, 1.82) is 0 Å². The highest BCUT2D eigenvalue weighted by molar-refractivity contribution is 14.0. The molecule has 2 atom stereocenters. The van der Waals surface area contributed by atoms with Crippen LogP contribution < -0.4 is 10.6 Å². The van der Waals surface area contributed by atoms with Crippen molar-refractivity contribution < 1.29 is 14.2 Å². The number of halogens is 2. The quantitative estimate of drug-likeness (QED) is 0.253. The molecule has 172 valence electrons. The van der Waals surface area contributed by atoms with Gasteiger partial charge in [0.05, 0.1) is 31.4 Å². The zero-order chi connectivity index (χ0) is 21.3. The van der Waals surface area contributed by atoms with Crippen LogP contribution in [0.15, 0.2) is 29.3 Å². The first-order valence-electron chi connectivity index (χ1n) is 10.3. The van der Waals surface area contributed by atoms with Gasteiger partial charge >= 0.3 is 0 Å². The maximum absolute atomic E-state index is 13.3. The molecule has 3 N–H and O–H groups in total. The molecule has 0 aliphatic carbocycles. The third-order valence-corrected chi connectivity index (χ3v) is 4.93. The second-order valence-corrected chi connectivity index (χ2v) is 7.99. The van der Waals surface area contributed by atoms with E-state index in [9.17, 15) is 9.50 Å². The van der Waals surface area contributed by atoms with E-state index < -0.39 is 5.60 Å². The van der Waals surface area contributed by atoms with Gasteiger partial charge in [0.15, 0.2) is 5.96 Å². The van der Waals surface area contributed by atoms with Crippen LogP contribution in [0.1, 0.15) is 25.5 Å². The van der Waals surface area contributed by atoms with Crippen LogP contribution in [0, 0.1) is 5.82 Å². The Morgan fingerprint density at radius 2 is 1.90 bits per heavy atom. The number of aliphatic imine (C=N–C) groups is 1. The summed E-state index contributed by atoms with van der Waals surface area (Å²) in [5, 5.41) is 17.3. The first kappa shape index (κ1) is 27.0. The monoisotopic (exact) mass is 537 g/mol. The average molecular weight is 537 g/mol. The Bertz CT molecular complexity index is 637. The lowest BCUT2D eigenvalue weighted by atomic mass is 10.1. The summed E-state index contributed by atoms with van der Waals surface area (Å²) in [5.74, 6) is 0.417. The van der Waals surface area contributed by atoms with Crippen molar-refractivity contribution in [2.24, 2.45) is 4.99 Å². The van der Waals surface area contributed by atoms with Gasteiger partial charge in [0.2, 0.25) is 0 Å². The number of rotatable bonds is 9. The molecular weight excluding hydrogens is 500 g/mol. The van der Waals surface area contributed by atoms with E-state index in [0.29, 0.717) is 38.8 Å². The highest BCUT2D eigenvalue weighted by Crippen LogP contribution is 2.17. The standard InChI is InChI=1S/C21H36FN5O2.HI/c1-5-23-20(25-15-21(2,28)16-27-10-12-29-13-11-27)24-14-19(26(3)4)17-6-8-18(22)9-7-17;/h6-9,19,28H,5,10-16H2,1-4H3,(H2,23,24,25);1H. The summed E-state index contributed by atoms with van der Waals surface area (Å²) in [6.07, 6.45) is 0. The van der Waals surface area contributed by atoms with Crippen molar-refractivity contribution in [3.05, 3.63) is 35.6 Å². The van der Waals surface area contributed by atoms with E-state index in [-0.39, 0.29) is 35.8 Å². The van der Waals surface area contributed by atoms with Gasteiger partial charge in [0, 0.05) is 32.7 Å². The Hall–Kier alpha value is -1.01. The van der Waals surface area contributed by atoms with Crippen LogP contribution in [0.5, 0.6) is 0 Å². The molecule has 1 heterocycles. The van der Waals surface area contributed by atoms with Gasteiger partial charge in [0.25, 0.3) is 0 Å². The molecule has 0 amide bonds. The summed E-state index contributed by atoms with van der Waals surface area (Å²) in [6, 6.07) is 6.63. The van der Waals surface area contributed by atoms with Gasteiger partial charge < -0.3 is 25.4 Å². The van der Waals surface area contributed by atoms with E-state index >= 15 is 0 Å². The number of benzene rings is 1. The number of guanidine groups is 1. The number of β-amino-alcohol motifs (C(OH)–C–C–N with tert-alkyl or cyclic N) is 1. The molecule has 1 fully saturated rings. The topological polar surface area (TPSA) is 72.4 Å². The predicted octanol–water partition coefficient (Wildman–Crippen LogP) is 1.68. The van der Waals surface area contributed by atoms with Crippen molar-refractivity contribution in [2.75, 3.05) is 66.6 Å². The van der Waals surface area contributed by atoms with Crippen molar-refractivity contribution >= 4 is 29.9 Å². The molecule has 0 radical (unpaired) electrons. The lowest BCUT2D eigenvalue weighted by Crippen LogP contribution is -2.48. The summed E-state index contributed by atoms with van der Waals surface area (Å²) in [7, 11) is 3.99. The molecule has 9 heteroatoms. The fourth-order valence-electron chi connectivity index (χ4n) is 3.36. The summed E-state index contributed by atoms with van der Waals surface area (Å²) in [5.41, 5.74) is 0.108. The second-order valence-electron chi connectivity index (χ2n) is 7.99. The Kier molecular flexibility index (Phi) is 12.1. The number of likely N-dealkylation sites (N-methyl/N-ethyl adjacent to an activating group) is 1. The maximum atomic E-state index is 13.3. The molecule has 0 bridgehead atoms. The van der Waals surface area contributed by atoms with Crippen LogP contribution in [0.2, 0.25) is 0 Å². The molecule has 7 nitrogen and oxygen atoms in total. The van der Waals surface area contributed by atoms with Crippen LogP contribution in [0.3, 0.4) is 0 Å². The van der Waals surface area contributed by atoms with E-state index in [1.54, 1.807) is 12.1 Å². The highest BCUT2D eigenvalue weighted by Gasteiger charge is 2.25. The zero-order valence-corrected chi connectivity index (χ0v) is 20.9. The molecule has 0 saturated carbocycles. The third kappa shape index (κ3) is 9.42. The number of aliphatic hydroxyl groups is 1. The van der Waals surface area contributed by atoms with Gasteiger partial charge in [0.1, 0.15) is 5.82 Å². The van der Waals surface area contributed by atoms with E-state index in [2.05, 4.69) is 25.4 Å². The first-order chi connectivity index (χ1) is 13.8. The van der Waals surface area contributed by atoms with Crippen LogP contribution in [-0.4, -0.2) is 93.0 Å². The SMILES string of the molecule is CCNC(=NCC(C)(O)CN1CCOCC1)NCC(c1ccc(F)cc1)N(C)C.I. The van der Waals surface area contributed by atoms with E-state index in [1.165, 1.54) is 12.1 Å². The number of hydrogen-bond donors (Lipinski definition) is 3. The minimum Gasteiger partial charge on any atom is -0.387 e. The van der Waals surface area contributed by atoms with Crippen molar-refractivity contribution in [1.82, 2.24) is 20.4 Å². The summed E-state index contributed by atoms with van der Waals surface area (Å²) in [6.45, 7) is 9.09. The number of nitrogens with zero attached hydrogens (tertiary/aromatic N) is 3. The predicted molar refractivity (Wildman–Crippen MR) is 130 cm³/mol. The molecule has 1 aliphatic heterocycles. The Morgan fingerprint density at radius 3 is 2.47 bits per heavy atom. The van der Waals surface area contributed by atoms with E-state index in [4.69, 9.17) is 4.74 Å². The Labute approximate surface area is 197 Å². The van der Waals surface area contributed by atoms with Gasteiger partial charge in [-0.25, -0.2) is 4.39 Å². The van der Waals surface area contributed by atoms with Crippen LogP contribution in [0.4, 0.5) is 4.39 Å². The second kappa shape index (κ2) is 13.4. The van der Waals surface area contributed by atoms with E-state index in [1.807, 2.05) is 27.9 Å². The summed E-state index contributed by atoms with van der Waals surface area (Å²) < 4.78 is 18.6. The summed E-state index contributed by atoms with van der Waals surface area (Å²) in [4.78, 5) is 8.88. The number of ether oxygens (including phenoxy) is 1. The van der Waals surface area contributed by atoms with Crippen LogP contribution >= 0.6 is 24.0 Å². The molecule has 0 spiro atoms. The Balaban J connectivity index is 0.00000450. The van der Waals surface area contributed by atoms with E-state index in [0.717, 1.165) is 25.2 Å². The van der Waals surface area contributed by atoms with Crippen molar-refractivity contribution in [3.63, 3.8) is 0 Å². The maximum Gasteiger partial charge on any atom is 0.191 e. The zero-order valence-electron chi connectivity index (χ0n) is 18.5. The van der Waals surface area contributed by atoms with Gasteiger partial charge in [-0.3, -0.25) is 9.89 Å². The number of nitrogens with one attached hydrogen (secondary N) is 2. The van der Waals surface area contributed by atoms with Gasteiger partial charge in [-0.2, -0.15) is 0 Å². The number of morpholine rings is 1. The normalized spacial score (nSPS) is 18.4. The van der Waals surface area contributed by atoms with Crippen LogP contribution in [0.25, 0.3) is 0 Å². The largest absolute Gasteiger partial charge is 0.387 e. The van der Waals surface area contributed by atoms with Gasteiger partial charge in [-0.1, -0.05) is 12.1 Å². The minimum atomic E-state index is -0.919. The molecule has 1 saturated heterocycles. The van der Waals surface area contributed by atoms with Crippen molar-refractivity contribution in [2.45, 2.75) is 25.5 Å².